The summed E-state index contributed by atoms with van der Waals surface area (Å²) < 4.78 is 11.1. The largest absolute Gasteiger partial charge is 0.384 e. The van der Waals surface area contributed by atoms with Crippen LogP contribution in [0.3, 0.4) is 0 Å². The van der Waals surface area contributed by atoms with Crippen LogP contribution in [0.5, 0.6) is 0 Å². The lowest BCUT2D eigenvalue weighted by Gasteiger charge is -2.47. The van der Waals surface area contributed by atoms with Gasteiger partial charge in [0.05, 0.1) is 12.7 Å². The van der Waals surface area contributed by atoms with Crippen LogP contribution in [0.15, 0.2) is 24.3 Å². The second kappa shape index (κ2) is 6.82. The van der Waals surface area contributed by atoms with Gasteiger partial charge in [-0.25, -0.2) is 0 Å². The first-order valence-corrected chi connectivity index (χ1v) is 8.95. The summed E-state index contributed by atoms with van der Waals surface area (Å²) in [6.45, 7) is 4.20. The molecule has 2 heterocycles. The second-order valence-electron chi connectivity index (χ2n) is 7.23. The Labute approximate surface area is 143 Å². The molecule has 5 heteroatoms. The van der Waals surface area contributed by atoms with Gasteiger partial charge in [0.25, 0.3) is 0 Å². The fourth-order valence-electron chi connectivity index (χ4n) is 4.51. The molecule has 0 aromatic heterocycles. The first kappa shape index (κ1) is 16.1. The second-order valence-corrected chi connectivity index (χ2v) is 7.23. The van der Waals surface area contributed by atoms with Crippen LogP contribution in [0.25, 0.3) is 0 Å². The molecule has 2 aliphatic heterocycles. The Hall–Kier alpha value is -1.43. The lowest BCUT2D eigenvalue weighted by molar-refractivity contribution is -0.130. The number of fused-ring (bicyclic) bond motifs is 2. The molecule has 1 aromatic rings. The summed E-state index contributed by atoms with van der Waals surface area (Å²) in [5.74, 6) is 0.940. The minimum atomic E-state index is 0.155. The Morgan fingerprint density at radius 3 is 2.79 bits per heavy atom. The Kier molecular flexibility index (Phi) is 4.57. The van der Waals surface area contributed by atoms with Crippen molar-refractivity contribution in [2.24, 2.45) is 11.8 Å². The molecule has 4 rings (SSSR count). The topological polar surface area (TPSA) is 50.8 Å². The number of ether oxygens (including phenoxy) is 2. The van der Waals surface area contributed by atoms with Crippen LogP contribution in [0.4, 0.5) is 0 Å². The van der Waals surface area contributed by atoms with Crippen LogP contribution in [-0.2, 0) is 27.4 Å². The quantitative estimate of drug-likeness (QED) is 0.860. The van der Waals surface area contributed by atoms with Gasteiger partial charge in [-0.3, -0.25) is 9.69 Å². The van der Waals surface area contributed by atoms with E-state index in [-0.39, 0.29) is 18.1 Å². The molecule has 0 unspecified atom stereocenters. The van der Waals surface area contributed by atoms with Crippen LogP contribution in [0.1, 0.15) is 24.0 Å². The molecular formula is C19H26N2O3. The highest BCUT2D eigenvalue weighted by molar-refractivity contribution is 5.76. The van der Waals surface area contributed by atoms with E-state index in [2.05, 4.69) is 34.5 Å². The van der Waals surface area contributed by atoms with Crippen LogP contribution in [0.2, 0.25) is 0 Å². The number of rotatable bonds is 6. The zero-order chi connectivity index (χ0) is 16.5. The zero-order valence-electron chi connectivity index (χ0n) is 14.2. The fraction of sp³-hybridized carbons (Fsp3) is 0.632. The molecule has 3 aliphatic rings. The standard InChI is InChI=1S/C19H26N2O3/c1-23-12-16-18(15-7-9-24-19(15)16)20-17(22)6-8-21-10-13-4-2-3-5-14(13)11-21/h2-5,15-16,18-19H,6-12H2,1H3,(H,20,22)/t15-,16+,18-,19-/m1/s1. The molecule has 2 fully saturated rings. The molecule has 0 bridgehead atoms. The van der Waals surface area contributed by atoms with Crippen molar-refractivity contribution in [1.82, 2.24) is 10.2 Å². The molecule has 0 spiro atoms. The Morgan fingerprint density at radius 1 is 1.33 bits per heavy atom. The Balaban J connectivity index is 1.25. The van der Waals surface area contributed by atoms with Gasteiger partial charge in [0.2, 0.25) is 5.91 Å². The lowest BCUT2D eigenvalue weighted by Crippen LogP contribution is -2.62. The maximum atomic E-state index is 12.4. The summed E-state index contributed by atoms with van der Waals surface area (Å²) >= 11 is 0. The van der Waals surface area contributed by atoms with E-state index in [9.17, 15) is 4.79 Å². The summed E-state index contributed by atoms with van der Waals surface area (Å²) in [7, 11) is 1.71. The van der Waals surface area contributed by atoms with E-state index >= 15 is 0 Å². The average molecular weight is 330 g/mol. The van der Waals surface area contributed by atoms with Crippen molar-refractivity contribution in [3.8, 4) is 0 Å². The number of hydrogen-bond acceptors (Lipinski definition) is 4. The lowest BCUT2D eigenvalue weighted by atomic mass is 9.67. The van der Waals surface area contributed by atoms with Crippen LogP contribution < -0.4 is 5.32 Å². The Bertz CT molecular complexity index is 581. The zero-order valence-corrected chi connectivity index (χ0v) is 14.2. The minimum absolute atomic E-state index is 0.155. The van der Waals surface area contributed by atoms with Crippen LogP contribution in [-0.4, -0.2) is 49.8 Å². The van der Waals surface area contributed by atoms with Crippen molar-refractivity contribution >= 4 is 5.91 Å². The van der Waals surface area contributed by atoms with Crippen molar-refractivity contribution < 1.29 is 14.3 Å². The number of amides is 1. The maximum Gasteiger partial charge on any atom is 0.221 e. The summed E-state index contributed by atoms with van der Waals surface area (Å²) in [5, 5.41) is 3.24. The van der Waals surface area contributed by atoms with Gasteiger partial charge in [0.1, 0.15) is 0 Å². The van der Waals surface area contributed by atoms with E-state index < -0.39 is 0 Å². The summed E-state index contributed by atoms with van der Waals surface area (Å²) in [6.07, 6.45) is 1.89. The molecule has 1 amide bonds. The first-order chi connectivity index (χ1) is 11.8. The maximum absolute atomic E-state index is 12.4. The highest BCUT2D eigenvalue weighted by atomic mass is 16.5. The van der Waals surface area contributed by atoms with Crippen molar-refractivity contribution in [3.05, 3.63) is 35.4 Å². The highest BCUT2D eigenvalue weighted by Crippen LogP contribution is 2.43. The van der Waals surface area contributed by atoms with Crippen molar-refractivity contribution in [3.63, 3.8) is 0 Å². The number of nitrogens with one attached hydrogen (secondary N) is 1. The van der Waals surface area contributed by atoms with Gasteiger partial charge in [-0.05, 0) is 17.5 Å². The molecule has 1 N–H and O–H groups in total. The van der Waals surface area contributed by atoms with Crippen molar-refractivity contribution in [2.45, 2.75) is 38.1 Å². The number of hydrogen-bond donors (Lipinski definition) is 1. The summed E-state index contributed by atoms with van der Waals surface area (Å²) in [4.78, 5) is 14.7. The monoisotopic (exact) mass is 330 g/mol. The predicted octanol–water partition coefficient (Wildman–Crippen LogP) is 1.56. The number of benzene rings is 1. The number of methoxy groups -OCH3 is 1. The molecule has 1 saturated carbocycles. The molecule has 5 nitrogen and oxygen atoms in total. The number of carbonyl (C=O) groups is 1. The van der Waals surface area contributed by atoms with Gasteiger partial charge < -0.3 is 14.8 Å². The summed E-state index contributed by atoms with van der Waals surface area (Å²) in [5.41, 5.74) is 2.78. The van der Waals surface area contributed by atoms with E-state index in [1.807, 2.05) is 0 Å². The van der Waals surface area contributed by atoms with E-state index in [0.29, 0.717) is 24.9 Å². The normalized spacial score (nSPS) is 31.4. The van der Waals surface area contributed by atoms with E-state index in [1.54, 1.807) is 7.11 Å². The average Bonchev–Trinajstić information content (AvgIpc) is 3.19. The number of nitrogens with zero attached hydrogens (tertiary/aromatic N) is 1. The van der Waals surface area contributed by atoms with Gasteiger partial charge in [0, 0.05) is 57.6 Å². The molecular weight excluding hydrogens is 304 g/mol. The minimum Gasteiger partial charge on any atom is -0.384 e. The molecule has 0 radical (unpaired) electrons. The van der Waals surface area contributed by atoms with Gasteiger partial charge in [-0.2, -0.15) is 0 Å². The predicted molar refractivity (Wildman–Crippen MR) is 90.3 cm³/mol. The van der Waals surface area contributed by atoms with Crippen molar-refractivity contribution in [1.29, 1.82) is 0 Å². The van der Waals surface area contributed by atoms with Crippen LogP contribution >= 0.6 is 0 Å². The van der Waals surface area contributed by atoms with Gasteiger partial charge in [-0.1, -0.05) is 24.3 Å². The van der Waals surface area contributed by atoms with Crippen molar-refractivity contribution in [2.75, 3.05) is 26.9 Å². The SMILES string of the molecule is COC[C@H]1[C@H](NC(=O)CCN2Cc3ccccc3C2)[C@H]2CCO[C@H]21. The third kappa shape index (κ3) is 2.96. The molecule has 130 valence electrons. The molecule has 1 saturated heterocycles. The number of carbonyl (C=O) groups excluding carboxylic acids is 1. The highest BCUT2D eigenvalue weighted by Gasteiger charge is 2.54. The Morgan fingerprint density at radius 2 is 2.08 bits per heavy atom. The van der Waals surface area contributed by atoms with E-state index in [1.165, 1.54) is 11.1 Å². The van der Waals surface area contributed by atoms with Gasteiger partial charge >= 0.3 is 0 Å². The van der Waals surface area contributed by atoms with E-state index in [4.69, 9.17) is 9.47 Å². The third-order valence-electron chi connectivity index (χ3n) is 5.78. The van der Waals surface area contributed by atoms with Gasteiger partial charge in [0.15, 0.2) is 0 Å². The third-order valence-corrected chi connectivity index (χ3v) is 5.78. The fourth-order valence-corrected chi connectivity index (χ4v) is 4.51. The first-order valence-electron chi connectivity index (χ1n) is 8.95. The van der Waals surface area contributed by atoms with Gasteiger partial charge in [-0.15, -0.1) is 0 Å². The molecule has 1 aliphatic carbocycles. The molecule has 1 aromatic carbocycles. The van der Waals surface area contributed by atoms with Crippen LogP contribution in [0, 0.1) is 11.8 Å². The summed E-state index contributed by atoms with van der Waals surface area (Å²) in [6, 6.07) is 8.75. The van der Waals surface area contributed by atoms with E-state index in [0.717, 1.165) is 32.7 Å². The molecule has 24 heavy (non-hydrogen) atoms. The smallest absolute Gasteiger partial charge is 0.221 e. The molecule has 4 atom stereocenters.